The van der Waals surface area contributed by atoms with Gasteiger partial charge in [0.25, 0.3) is 0 Å². The van der Waals surface area contributed by atoms with Gasteiger partial charge in [-0.2, -0.15) is 0 Å². The normalized spacial score (nSPS) is 16.4. The van der Waals surface area contributed by atoms with E-state index in [9.17, 15) is 13.2 Å². The average molecular weight is 467 g/mol. The number of anilines is 1. The first-order valence-corrected chi connectivity index (χ1v) is 11.3. The molecule has 1 amide bonds. The van der Waals surface area contributed by atoms with Gasteiger partial charge in [-0.3, -0.25) is 4.79 Å². The summed E-state index contributed by atoms with van der Waals surface area (Å²) in [7, 11) is -3.69. The van der Waals surface area contributed by atoms with Gasteiger partial charge in [-0.25, -0.2) is 13.1 Å². The van der Waals surface area contributed by atoms with Crippen molar-refractivity contribution in [3.63, 3.8) is 0 Å². The van der Waals surface area contributed by atoms with Gasteiger partial charge in [-0.05, 0) is 60.4 Å². The molecule has 28 heavy (non-hydrogen) atoms. The zero-order chi connectivity index (χ0) is 20.3. The second-order valence-electron chi connectivity index (χ2n) is 7.26. The van der Waals surface area contributed by atoms with Crippen molar-refractivity contribution in [1.82, 2.24) is 4.72 Å². The Morgan fingerprint density at radius 1 is 1.21 bits per heavy atom. The third-order valence-corrected chi connectivity index (χ3v) is 6.32. The molecule has 8 heteroatoms. The van der Waals surface area contributed by atoms with E-state index in [0.29, 0.717) is 18.5 Å². The SMILES string of the molecule is CC(C)CC(=O)Nc1ccc(S(=O)(=O)N[C@@H]2COc3ccc(Br)cc3C2)cc1. The molecule has 3 rings (SSSR count). The molecule has 0 saturated heterocycles. The van der Waals surface area contributed by atoms with Crippen LogP contribution in [0, 0.1) is 5.92 Å². The van der Waals surface area contributed by atoms with E-state index in [2.05, 4.69) is 26.0 Å². The second kappa shape index (κ2) is 8.63. The Morgan fingerprint density at radius 3 is 2.61 bits per heavy atom. The van der Waals surface area contributed by atoms with Crippen LogP contribution in [0.5, 0.6) is 5.75 Å². The van der Waals surface area contributed by atoms with Crippen LogP contribution in [0.15, 0.2) is 51.8 Å². The van der Waals surface area contributed by atoms with Crippen molar-refractivity contribution >= 4 is 37.5 Å². The molecule has 2 N–H and O–H groups in total. The smallest absolute Gasteiger partial charge is 0.240 e. The molecule has 1 heterocycles. The van der Waals surface area contributed by atoms with Gasteiger partial charge in [0.1, 0.15) is 12.4 Å². The highest BCUT2D eigenvalue weighted by molar-refractivity contribution is 9.10. The number of fused-ring (bicyclic) bond motifs is 1. The zero-order valence-corrected chi connectivity index (χ0v) is 18.1. The Labute approximate surface area is 173 Å². The fourth-order valence-electron chi connectivity index (χ4n) is 3.03. The molecule has 150 valence electrons. The number of ether oxygens (including phenoxy) is 1. The first-order valence-electron chi connectivity index (χ1n) is 9.06. The van der Waals surface area contributed by atoms with Crippen molar-refractivity contribution in [2.75, 3.05) is 11.9 Å². The van der Waals surface area contributed by atoms with E-state index in [1.54, 1.807) is 12.1 Å². The minimum Gasteiger partial charge on any atom is -0.492 e. The molecule has 1 aliphatic rings. The molecule has 1 atom stereocenters. The number of hydrogen-bond acceptors (Lipinski definition) is 4. The van der Waals surface area contributed by atoms with Gasteiger partial charge in [0.15, 0.2) is 0 Å². The molecule has 0 unspecified atom stereocenters. The highest BCUT2D eigenvalue weighted by atomic mass is 79.9. The molecule has 0 spiro atoms. The fraction of sp³-hybridized carbons (Fsp3) is 0.350. The number of rotatable bonds is 6. The van der Waals surface area contributed by atoms with Crippen LogP contribution >= 0.6 is 15.9 Å². The number of amides is 1. The van der Waals surface area contributed by atoms with Gasteiger partial charge in [0, 0.05) is 16.6 Å². The van der Waals surface area contributed by atoms with Crippen LogP contribution < -0.4 is 14.8 Å². The Balaban J connectivity index is 1.65. The Kier molecular flexibility index (Phi) is 6.42. The number of hydrogen-bond donors (Lipinski definition) is 2. The number of halogens is 1. The van der Waals surface area contributed by atoms with E-state index in [1.807, 2.05) is 32.0 Å². The van der Waals surface area contributed by atoms with Crippen molar-refractivity contribution in [3.05, 3.63) is 52.5 Å². The molecule has 0 fully saturated rings. The summed E-state index contributed by atoms with van der Waals surface area (Å²) in [5, 5.41) is 2.77. The van der Waals surface area contributed by atoms with Crippen LogP contribution in [0.2, 0.25) is 0 Å². The standard InChI is InChI=1S/C20H23BrN2O4S/c1-13(2)9-20(24)22-16-4-6-18(7-5-16)28(25,26)23-17-11-14-10-15(21)3-8-19(14)27-12-17/h3-8,10,13,17,23H,9,11-12H2,1-2H3,(H,22,24)/t17-/m0/s1. The summed E-state index contributed by atoms with van der Waals surface area (Å²) in [5.74, 6) is 0.945. The lowest BCUT2D eigenvalue weighted by atomic mass is 10.0. The Bertz CT molecular complexity index is 959. The van der Waals surface area contributed by atoms with Crippen molar-refractivity contribution in [2.45, 2.75) is 37.6 Å². The Morgan fingerprint density at radius 2 is 1.93 bits per heavy atom. The van der Waals surface area contributed by atoms with Crippen LogP contribution in [0.25, 0.3) is 0 Å². The number of sulfonamides is 1. The molecule has 2 aromatic carbocycles. The molecule has 0 bridgehead atoms. The maximum absolute atomic E-state index is 12.7. The van der Waals surface area contributed by atoms with Gasteiger partial charge < -0.3 is 10.1 Å². The lowest BCUT2D eigenvalue weighted by Crippen LogP contribution is -2.42. The molecule has 0 aromatic heterocycles. The fourth-order valence-corrected chi connectivity index (χ4v) is 4.66. The van der Waals surface area contributed by atoms with Crippen LogP contribution in [0.4, 0.5) is 5.69 Å². The minimum absolute atomic E-state index is 0.0899. The quantitative estimate of drug-likeness (QED) is 0.679. The first kappa shape index (κ1) is 20.8. The molecular formula is C20H23BrN2O4S. The van der Waals surface area contributed by atoms with E-state index in [1.165, 1.54) is 12.1 Å². The molecule has 1 aliphatic heterocycles. The summed E-state index contributed by atoms with van der Waals surface area (Å²) < 4.78 is 34.7. The van der Waals surface area contributed by atoms with E-state index in [0.717, 1.165) is 15.8 Å². The van der Waals surface area contributed by atoms with Gasteiger partial charge in [-0.15, -0.1) is 0 Å². The number of nitrogens with one attached hydrogen (secondary N) is 2. The first-order chi connectivity index (χ1) is 13.2. The van der Waals surface area contributed by atoms with E-state index in [-0.39, 0.29) is 29.4 Å². The van der Waals surface area contributed by atoms with Gasteiger partial charge in [0.05, 0.1) is 10.9 Å². The third kappa shape index (κ3) is 5.33. The average Bonchev–Trinajstić information content (AvgIpc) is 2.60. The lowest BCUT2D eigenvalue weighted by molar-refractivity contribution is -0.116. The summed E-state index contributed by atoms with van der Waals surface area (Å²) in [6.07, 6.45) is 0.970. The summed E-state index contributed by atoms with van der Waals surface area (Å²) in [5.41, 5.74) is 1.53. The molecule has 0 radical (unpaired) electrons. The minimum atomic E-state index is -3.69. The number of benzene rings is 2. The van der Waals surface area contributed by atoms with E-state index >= 15 is 0 Å². The highest BCUT2D eigenvalue weighted by Gasteiger charge is 2.25. The summed E-state index contributed by atoms with van der Waals surface area (Å²) >= 11 is 3.42. The number of carbonyl (C=O) groups excluding carboxylic acids is 1. The monoisotopic (exact) mass is 466 g/mol. The molecule has 0 aliphatic carbocycles. The van der Waals surface area contributed by atoms with Crippen molar-refractivity contribution < 1.29 is 17.9 Å². The van der Waals surface area contributed by atoms with Gasteiger partial charge in [-0.1, -0.05) is 29.8 Å². The molecule has 2 aromatic rings. The Hall–Kier alpha value is -1.90. The van der Waals surface area contributed by atoms with Gasteiger partial charge >= 0.3 is 0 Å². The number of carbonyl (C=O) groups is 1. The van der Waals surface area contributed by atoms with Crippen LogP contribution in [0.3, 0.4) is 0 Å². The predicted molar refractivity (Wildman–Crippen MR) is 112 cm³/mol. The maximum Gasteiger partial charge on any atom is 0.240 e. The molecule has 0 saturated carbocycles. The van der Waals surface area contributed by atoms with Crippen molar-refractivity contribution in [1.29, 1.82) is 0 Å². The predicted octanol–water partition coefficient (Wildman–Crippen LogP) is 3.72. The second-order valence-corrected chi connectivity index (χ2v) is 9.89. The zero-order valence-electron chi connectivity index (χ0n) is 15.7. The summed E-state index contributed by atoms with van der Waals surface area (Å²) in [6.45, 7) is 4.21. The third-order valence-electron chi connectivity index (χ3n) is 4.29. The van der Waals surface area contributed by atoms with Crippen molar-refractivity contribution in [2.24, 2.45) is 5.92 Å². The van der Waals surface area contributed by atoms with Gasteiger partial charge in [0.2, 0.25) is 15.9 Å². The van der Waals surface area contributed by atoms with Crippen LogP contribution in [-0.4, -0.2) is 27.0 Å². The molecule has 6 nitrogen and oxygen atoms in total. The molecular weight excluding hydrogens is 444 g/mol. The topological polar surface area (TPSA) is 84.5 Å². The maximum atomic E-state index is 12.7. The van der Waals surface area contributed by atoms with Crippen LogP contribution in [-0.2, 0) is 21.2 Å². The van der Waals surface area contributed by atoms with Crippen molar-refractivity contribution in [3.8, 4) is 5.75 Å². The van der Waals surface area contributed by atoms with E-state index in [4.69, 9.17) is 4.74 Å². The highest BCUT2D eigenvalue weighted by Crippen LogP contribution is 2.28. The van der Waals surface area contributed by atoms with Crippen LogP contribution in [0.1, 0.15) is 25.8 Å². The summed E-state index contributed by atoms with van der Waals surface area (Å²) in [6, 6.07) is 11.5. The lowest BCUT2D eigenvalue weighted by Gasteiger charge is -2.26. The summed E-state index contributed by atoms with van der Waals surface area (Å²) in [4.78, 5) is 12.0. The largest absolute Gasteiger partial charge is 0.492 e. The van der Waals surface area contributed by atoms with E-state index < -0.39 is 10.0 Å².